The van der Waals surface area contributed by atoms with Crippen LogP contribution in [0.4, 0.5) is 0 Å². The summed E-state index contributed by atoms with van der Waals surface area (Å²) in [4.78, 5) is 15.0. The highest BCUT2D eigenvalue weighted by Gasteiger charge is 2.42. The fraction of sp³-hybridized carbons (Fsp3) is 0.588. The van der Waals surface area contributed by atoms with Gasteiger partial charge in [0.1, 0.15) is 0 Å². The van der Waals surface area contributed by atoms with Crippen LogP contribution in [-0.2, 0) is 10.2 Å². The van der Waals surface area contributed by atoms with Crippen molar-refractivity contribution in [1.29, 1.82) is 0 Å². The molecule has 2 saturated heterocycles. The van der Waals surface area contributed by atoms with E-state index in [9.17, 15) is 4.79 Å². The third-order valence-electron chi connectivity index (χ3n) is 5.03. The van der Waals surface area contributed by atoms with Crippen molar-refractivity contribution in [3.63, 3.8) is 0 Å². The van der Waals surface area contributed by atoms with E-state index in [1.807, 2.05) is 12.1 Å². The van der Waals surface area contributed by atoms with Crippen LogP contribution in [0, 0.1) is 18.8 Å². The van der Waals surface area contributed by atoms with Gasteiger partial charge >= 0.3 is 0 Å². The third kappa shape index (κ3) is 2.82. The molecular weight excluding hydrogens is 284 g/mol. The van der Waals surface area contributed by atoms with Gasteiger partial charge in [0.15, 0.2) is 0 Å². The minimum atomic E-state index is -0.433. The van der Waals surface area contributed by atoms with E-state index in [0.717, 1.165) is 31.7 Å². The molecule has 2 aliphatic rings. The van der Waals surface area contributed by atoms with E-state index < -0.39 is 5.41 Å². The first-order chi connectivity index (χ1) is 9.50. The van der Waals surface area contributed by atoms with Gasteiger partial charge in [-0.25, -0.2) is 0 Å². The van der Waals surface area contributed by atoms with E-state index in [0.29, 0.717) is 11.8 Å². The van der Waals surface area contributed by atoms with Crippen LogP contribution < -0.4 is 5.32 Å². The van der Waals surface area contributed by atoms with Crippen molar-refractivity contribution in [3.8, 4) is 0 Å². The van der Waals surface area contributed by atoms with Gasteiger partial charge in [0, 0.05) is 26.2 Å². The number of likely N-dealkylation sites (tertiary alicyclic amines) is 1. The first kappa shape index (κ1) is 16.3. The zero-order valence-electron chi connectivity index (χ0n) is 13.1. The molecule has 1 aromatic carbocycles. The molecule has 0 aromatic heterocycles. The number of amides is 1. The van der Waals surface area contributed by atoms with Crippen LogP contribution in [0.1, 0.15) is 25.0 Å². The molecule has 0 unspecified atom stereocenters. The van der Waals surface area contributed by atoms with Crippen LogP contribution >= 0.6 is 12.4 Å². The standard InChI is InChI=1S/C17H24N2O.ClH/c1-12-6-4-5-7-15(12)17(2,3)16(20)19-10-13-8-18-9-14(13)11-19;/h4-7,13-14,18H,8-11H2,1-3H3;1H/t13-,14+;. The average molecular weight is 309 g/mol. The molecule has 3 rings (SSSR count). The van der Waals surface area contributed by atoms with Crippen molar-refractivity contribution in [2.24, 2.45) is 11.8 Å². The average Bonchev–Trinajstić information content (AvgIpc) is 2.98. The van der Waals surface area contributed by atoms with Gasteiger partial charge < -0.3 is 10.2 Å². The molecule has 1 amide bonds. The molecule has 1 aromatic rings. The highest BCUT2D eigenvalue weighted by molar-refractivity contribution is 5.88. The van der Waals surface area contributed by atoms with E-state index in [4.69, 9.17) is 0 Å². The van der Waals surface area contributed by atoms with Crippen LogP contribution in [-0.4, -0.2) is 37.0 Å². The zero-order valence-corrected chi connectivity index (χ0v) is 13.9. The van der Waals surface area contributed by atoms with Crippen LogP contribution in [0.2, 0.25) is 0 Å². The maximum atomic E-state index is 13.0. The second-order valence-corrected chi connectivity index (χ2v) is 6.83. The summed E-state index contributed by atoms with van der Waals surface area (Å²) in [6.45, 7) is 10.2. The molecule has 0 aliphatic carbocycles. The Hall–Kier alpha value is -1.06. The Morgan fingerprint density at radius 1 is 1.19 bits per heavy atom. The smallest absolute Gasteiger partial charge is 0.232 e. The highest BCUT2D eigenvalue weighted by atomic mass is 35.5. The lowest BCUT2D eigenvalue weighted by atomic mass is 9.81. The van der Waals surface area contributed by atoms with Gasteiger partial charge in [-0.15, -0.1) is 12.4 Å². The number of rotatable bonds is 2. The molecule has 0 bridgehead atoms. The Morgan fingerprint density at radius 2 is 1.76 bits per heavy atom. The first-order valence-electron chi connectivity index (χ1n) is 7.56. The van der Waals surface area contributed by atoms with E-state index in [2.05, 4.69) is 43.1 Å². The van der Waals surface area contributed by atoms with Crippen LogP contribution in [0.25, 0.3) is 0 Å². The zero-order chi connectivity index (χ0) is 14.3. The topological polar surface area (TPSA) is 32.3 Å². The number of carbonyl (C=O) groups is 1. The summed E-state index contributed by atoms with van der Waals surface area (Å²) < 4.78 is 0. The molecule has 2 aliphatic heterocycles. The van der Waals surface area contributed by atoms with Crippen molar-refractivity contribution in [2.45, 2.75) is 26.2 Å². The Bertz CT molecular complexity index is 517. The van der Waals surface area contributed by atoms with E-state index in [-0.39, 0.29) is 18.3 Å². The number of nitrogens with one attached hydrogen (secondary N) is 1. The molecule has 3 nitrogen and oxygen atoms in total. The summed E-state index contributed by atoms with van der Waals surface area (Å²) in [5.41, 5.74) is 1.92. The van der Waals surface area contributed by atoms with E-state index in [1.165, 1.54) is 5.56 Å². The predicted molar refractivity (Wildman–Crippen MR) is 87.9 cm³/mol. The van der Waals surface area contributed by atoms with Gasteiger partial charge in [-0.2, -0.15) is 0 Å². The minimum absolute atomic E-state index is 0. The largest absolute Gasteiger partial charge is 0.341 e. The second kappa shape index (κ2) is 5.98. The number of carbonyl (C=O) groups excluding carboxylic acids is 1. The maximum absolute atomic E-state index is 13.0. The fourth-order valence-electron chi connectivity index (χ4n) is 3.81. The molecule has 0 spiro atoms. The summed E-state index contributed by atoms with van der Waals surface area (Å²) in [7, 11) is 0. The summed E-state index contributed by atoms with van der Waals surface area (Å²) in [6.07, 6.45) is 0. The number of hydrogen-bond donors (Lipinski definition) is 1. The highest BCUT2D eigenvalue weighted by Crippen LogP contribution is 2.33. The van der Waals surface area contributed by atoms with Crippen molar-refractivity contribution in [2.75, 3.05) is 26.2 Å². The summed E-state index contributed by atoms with van der Waals surface area (Å²) >= 11 is 0. The van der Waals surface area contributed by atoms with Gasteiger partial charge in [0.05, 0.1) is 5.41 Å². The Kier molecular flexibility index (Phi) is 4.64. The molecule has 4 heteroatoms. The van der Waals surface area contributed by atoms with Crippen LogP contribution in [0.3, 0.4) is 0 Å². The Morgan fingerprint density at radius 3 is 2.33 bits per heavy atom. The van der Waals surface area contributed by atoms with Gasteiger partial charge in [0.25, 0.3) is 0 Å². The Labute approximate surface area is 133 Å². The molecule has 2 heterocycles. The lowest BCUT2D eigenvalue weighted by Crippen LogP contribution is -2.43. The van der Waals surface area contributed by atoms with Gasteiger partial charge in [-0.1, -0.05) is 24.3 Å². The maximum Gasteiger partial charge on any atom is 0.232 e. The summed E-state index contributed by atoms with van der Waals surface area (Å²) in [6, 6.07) is 8.24. The first-order valence-corrected chi connectivity index (χ1v) is 7.56. The van der Waals surface area contributed by atoms with Crippen molar-refractivity contribution >= 4 is 18.3 Å². The monoisotopic (exact) mass is 308 g/mol. The molecule has 0 radical (unpaired) electrons. The lowest BCUT2D eigenvalue weighted by molar-refractivity contribution is -0.135. The number of aryl methyl sites for hydroxylation is 1. The number of fused-ring (bicyclic) bond motifs is 1. The second-order valence-electron chi connectivity index (χ2n) is 6.83. The molecule has 2 fully saturated rings. The number of halogens is 1. The molecule has 1 N–H and O–H groups in total. The minimum Gasteiger partial charge on any atom is -0.341 e. The third-order valence-corrected chi connectivity index (χ3v) is 5.03. The van der Waals surface area contributed by atoms with Crippen LogP contribution in [0.5, 0.6) is 0 Å². The van der Waals surface area contributed by atoms with E-state index >= 15 is 0 Å². The van der Waals surface area contributed by atoms with Crippen molar-refractivity contribution in [3.05, 3.63) is 35.4 Å². The molecule has 21 heavy (non-hydrogen) atoms. The fourth-order valence-corrected chi connectivity index (χ4v) is 3.81. The van der Waals surface area contributed by atoms with Crippen LogP contribution in [0.15, 0.2) is 24.3 Å². The summed E-state index contributed by atoms with van der Waals surface area (Å²) in [5.74, 6) is 1.60. The number of nitrogens with zero attached hydrogens (tertiary/aromatic N) is 1. The quantitative estimate of drug-likeness (QED) is 0.910. The molecule has 2 atom stereocenters. The molecular formula is C17H25ClN2O. The normalized spacial score (nSPS) is 24.6. The lowest BCUT2D eigenvalue weighted by Gasteiger charge is -2.31. The number of hydrogen-bond acceptors (Lipinski definition) is 2. The number of benzene rings is 1. The van der Waals surface area contributed by atoms with Gasteiger partial charge in [-0.3, -0.25) is 4.79 Å². The van der Waals surface area contributed by atoms with Crippen molar-refractivity contribution < 1.29 is 4.79 Å². The summed E-state index contributed by atoms with van der Waals surface area (Å²) in [5, 5.41) is 3.43. The molecule has 0 saturated carbocycles. The van der Waals surface area contributed by atoms with E-state index in [1.54, 1.807) is 0 Å². The van der Waals surface area contributed by atoms with Crippen molar-refractivity contribution in [1.82, 2.24) is 10.2 Å². The Balaban J connectivity index is 0.00000161. The van der Waals surface area contributed by atoms with Gasteiger partial charge in [-0.05, 0) is 43.7 Å². The SMILES string of the molecule is Cc1ccccc1C(C)(C)C(=O)N1C[C@H]2CNC[C@H]2C1.Cl. The predicted octanol–water partition coefficient (Wildman–Crippen LogP) is 2.37. The van der Waals surface area contributed by atoms with Gasteiger partial charge in [0.2, 0.25) is 5.91 Å². The molecule has 116 valence electrons.